The van der Waals surface area contributed by atoms with Crippen molar-refractivity contribution in [3.05, 3.63) is 58.4 Å². The number of anilines is 1. The summed E-state index contributed by atoms with van der Waals surface area (Å²) in [5.74, 6) is -1.30. The number of nitrogens with zero attached hydrogens (tertiary/aromatic N) is 1. The molecule has 0 aromatic heterocycles. The Labute approximate surface area is 222 Å². The van der Waals surface area contributed by atoms with E-state index in [4.69, 9.17) is 9.84 Å². The van der Waals surface area contributed by atoms with E-state index in [0.29, 0.717) is 49.4 Å². The topological polar surface area (TPSA) is 95.9 Å². The molecule has 0 bridgehead atoms. The standard InChI is InChI=1S/C30H35FN2O5/c1-4-38-22-5-6-23-18(15-22)8-10-33(29(37)20-11-17(12-20)13-25(34)35)27(23)28(36)32-21-14-19-7-9-30(2,3)26(19)24(31)16-21/h5-6,14-17,20,27H,4,7-13H2,1-3H3,(H,32,36)(H,34,35)/t17-,20+,27?. The number of amides is 2. The van der Waals surface area contributed by atoms with Crippen molar-refractivity contribution < 1.29 is 28.6 Å². The molecule has 0 spiro atoms. The van der Waals surface area contributed by atoms with Gasteiger partial charge < -0.3 is 20.1 Å². The van der Waals surface area contributed by atoms with Crippen LogP contribution in [0.3, 0.4) is 0 Å². The van der Waals surface area contributed by atoms with E-state index in [-0.39, 0.29) is 41.3 Å². The van der Waals surface area contributed by atoms with Crippen molar-refractivity contribution in [1.29, 1.82) is 0 Å². The first-order chi connectivity index (χ1) is 18.1. The van der Waals surface area contributed by atoms with E-state index >= 15 is 4.39 Å². The number of aliphatic carboxylic acids is 1. The summed E-state index contributed by atoms with van der Waals surface area (Å²) in [4.78, 5) is 40.0. The second kappa shape index (κ2) is 10.0. The molecule has 38 heavy (non-hydrogen) atoms. The largest absolute Gasteiger partial charge is 0.494 e. The molecule has 2 aliphatic carbocycles. The number of benzene rings is 2. The van der Waals surface area contributed by atoms with E-state index in [9.17, 15) is 14.4 Å². The molecule has 7 nitrogen and oxygen atoms in total. The summed E-state index contributed by atoms with van der Waals surface area (Å²) < 4.78 is 20.8. The maximum atomic E-state index is 15.1. The van der Waals surface area contributed by atoms with Crippen molar-refractivity contribution in [3.63, 3.8) is 0 Å². The van der Waals surface area contributed by atoms with Gasteiger partial charge in [0.1, 0.15) is 17.6 Å². The van der Waals surface area contributed by atoms with Gasteiger partial charge in [0.15, 0.2) is 0 Å². The van der Waals surface area contributed by atoms with E-state index in [1.54, 1.807) is 11.0 Å². The summed E-state index contributed by atoms with van der Waals surface area (Å²) in [6.45, 7) is 6.85. The molecule has 2 amide bonds. The van der Waals surface area contributed by atoms with Crippen molar-refractivity contribution >= 4 is 23.5 Å². The van der Waals surface area contributed by atoms with Crippen LogP contribution < -0.4 is 10.1 Å². The summed E-state index contributed by atoms with van der Waals surface area (Å²) in [7, 11) is 0. The molecule has 5 rings (SSSR count). The summed E-state index contributed by atoms with van der Waals surface area (Å²) in [5, 5.41) is 12.0. The zero-order chi connectivity index (χ0) is 27.2. The lowest BCUT2D eigenvalue weighted by Gasteiger charge is -2.42. The Morgan fingerprint density at radius 3 is 2.61 bits per heavy atom. The summed E-state index contributed by atoms with van der Waals surface area (Å²) in [6, 6.07) is 7.92. The van der Waals surface area contributed by atoms with Crippen molar-refractivity contribution in [2.45, 2.75) is 70.8 Å². The molecular weight excluding hydrogens is 487 g/mol. The van der Waals surface area contributed by atoms with Crippen LogP contribution in [0.5, 0.6) is 5.75 Å². The minimum atomic E-state index is -0.867. The highest BCUT2D eigenvalue weighted by Gasteiger charge is 2.43. The van der Waals surface area contributed by atoms with E-state index in [0.717, 1.165) is 29.5 Å². The molecule has 1 heterocycles. The Kier molecular flexibility index (Phi) is 6.92. The number of halogens is 1. The summed E-state index contributed by atoms with van der Waals surface area (Å²) >= 11 is 0. The third-order valence-electron chi connectivity index (χ3n) is 8.37. The number of carbonyl (C=O) groups excluding carboxylic acids is 2. The second-order valence-corrected chi connectivity index (χ2v) is 11.5. The molecule has 3 aliphatic rings. The molecule has 0 radical (unpaired) electrons. The number of ether oxygens (including phenoxy) is 1. The first kappa shape index (κ1) is 26.2. The van der Waals surface area contributed by atoms with Crippen LogP contribution in [-0.2, 0) is 32.6 Å². The molecule has 1 unspecified atom stereocenters. The highest BCUT2D eigenvalue weighted by molar-refractivity contribution is 5.99. The molecule has 1 fully saturated rings. The molecule has 1 atom stereocenters. The maximum Gasteiger partial charge on any atom is 0.303 e. The van der Waals surface area contributed by atoms with Gasteiger partial charge >= 0.3 is 5.97 Å². The quantitative estimate of drug-likeness (QED) is 0.533. The number of rotatable bonds is 7. The minimum absolute atomic E-state index is 0.0156. The van der Waals surface area contributed by atoms with Gasteiger partial charge in [-0.15, -0.1) is 0 Å². The predicted molar refractivity (Wildman–Crippen MR) is 141 cm³/mol. The number of fused-ring (bicyclic) bond motifs is 2. The molecule has 1 aliphatic heterocycles. The van der Waals surface area contributed by atoms with E-state index < -0.39 is 12.0 Å². The lowest BCUT2D eigenvalue weighted by Crippen LogP contribution is -2.50. The van der Waals surface area contributed by atoms with Gasteiger partial charge in [-0.25, -0.2) is 4.39 Å². The van der Waals surface area contributed by atoms with Gasteiger partial charge in [0.2, 0.25) is 5.91 Å². The van der Waals surface area contributed by atoms with Crippen LogP contribution >= 0.6 is 0 Å². The molecule has 2 N–H and O–H groups in total. The smallest absolute Gasteiger partial charge is 0.303 e. The normalized spacial score (nSPS) is 23.2. The molecular formula is C30H35FN2O5. The van der Waals surface area contributed by atoms with Gasteiger partial charge in [-0.1, -0.05) is 19.9 Å². The molecule has 2 aromatic carbocycles. The molecule has 2 aromatic rings. The maximum absolute atomic E-state index is 15.1. The van der Waals surface area contributed by atoms with Crippen molar-refractivity contribution in [2.75, 3.05) is 18.5 Å². The van der Waals surface area contributed by atoms with Crippen LogP contribution in [0.2, 0.25) is 0 Å². The number of carboxylic acids is 1. The number of aryl methyl sites for hydroxylation is 1. The fourth-order valence-corrected chi connectivity index (χ4v) is 6.44. The van der Waals surface area contributed by atoms with Crippen molar-refractivity contribution in [1.82, 2.24) is 4.90 Å². The van der Waals surface area contributed by atoms with Gasteiger partial charge in [0.25, 0.3) is 5.91 Å². The van der Waals surface area contributed by atoms with Crippen LogP contribution in [0.1, 0.15) is 74.8 Å². The van der Waals surface area contributed by atoms with Crippen LogP contribution in [-0.4, -0.2) is 40.9 Å². The lowest BCUT2D eigenvalue weighted by molar-refractivity contribution is -0.149. The van der Waals surface area contributed by atoms with Crippen LogP contribution in [0, 0.1) is 17.7 Å². The first-order valence-corrected chi connectivity index (χ1v) is 13.5. The van der Waals surface area contributed by atoms with Crippen LogP contribution in [0.15, 0.2) is 30.3 Å². The van der Waals surface area contributed by atoms with E-state index in [2.05, 4.69) is 5.32 Å². The molecule has 202 valence electrons. The van der Waals surface area contributed by atoms with Crippen molar-refractivity contribution in [2.24, 2.45) is 11.8 Å². The van der Waals surface area contributed by atoms with Crippen molar-refractivity contribution in [3.8, 4) is 5.75 Å². The second-order valence-electron chi connectivity index (χ2n) is 11.5. The first-order valence-electron chi connectivity index (χ1n) is 13.5. The monoisotopic (exact) mass is 522 g/mol. The molecule has 8 heteroatoms. The molecule has 0 saturated heterocycles. The number of carboxylic acid groups (broad SMARTS) is 1. The number of hydrogen-bond donors (Lipinski definition) is 2. The Morgan fingerprint density at radius 2 is 1.89 bits per heavy atom. The van der Waals surface area contributed by atoms with Gasteiger partial charge in [-0.05, 0) is 96.9 Å². The van der Waals surface area contributed by atoms with Gasteiger partial charge in [-0.3, -0.25) is 14.4 Å². The predicted octanol–water partition coefficient (Wildman–Crippen LogP) is 5.01. The number of hydrogen-bond acceptors (Lipinski definition) is 4. The third-order valence-corrected chi connectivity index (χ3v) is 8.37. The SMILES string of the molecule is CCOc1ccc2c(c1)CCN(C(=O)[C@H]1C[C@@H](CC(=O)O)C1)C2C(=O)Nc1cc(F)c2c(c1)CCC2(C)C. The fraction of sp³-hybridized carbons (Fsp3) is 0.500. The lowest BCUT2D eigenvalue weighted by atomic mass is 9.72. The Hall–Kier alpha value is -3.42. The average Bonchev–Trinajstić information content (AvgIpc) is 3.14. The van der Waals surface area contributed by atoms with Gasteiger partial charge in [0.05, 0.1) is 6.61 Å². The average molecular weight is 523 g/mol. The Morgan fingerprint density at radius 1 is 1.13 bits per heavy atom. The summed E-state index contributed by atoms with van der Waals surface area (Å²) in [6.07, 6.45) is 3.26. The highest BCUT2D eigenvalue weighted by atomic mass is 19.1. The highest BCUT2D eigenvalue weighted by Crippen LogP contribution is 2.43. The van der Waals surface area contributed by atoms with Gasteiger partial charge in [0, 0.05) is 24.6 Å². The van der Waals surface area contributed by atoms with E-state index in [1.165, 1.54) is 6.07 Å². The Balaban J connectivity index is 1.42. The Bertz CT molecular complexity index is 1280. The number of carbonyl (C=O) groups is 3. The number of nitrogens with one attached hydrogen (secondary N) is 1. The van der Waals surface area contributed by atoms with E-state index in [1.807, 2.05) is 39.0 Å². The summed E-state index contributed by atoms with van der Waals surface area (Å²) in [5.41, 5.74) is 3.43. The molecule has 1 saturated carbocycles. The fourth-order valence-electron chi connectivity index (χ4n) is 6.44. The third kappa shape index (κ3) is 4.88. The van der Waals surface area contributed by atoms with Crippen LogP contribution in [0.4, 0.5) is 10.1 Å². The zero-order valence-corrected chi connectivity index (χ0v) is 22.2. The van der Waals surface area contributed by atoms with Crippen LogP contribution in [0.25, 0.3) is 0 Å². The van der Waals surface area contributed by atoms with Gasteiger partial charge in [-0.2, -0.15) is 0 Å². The zero-order valence-electron chi connectivity index (χ0n) is 22.2. The minimum Gasteiger partial charge on any atom is -0.494 e.